The lowest BCUT2D eigenvalue weighted by atomic mass is 10.1. The normalized spacial score (nSPS) is 14.3. The maximum absolute atomic E-state index is 14.5. The van der Waals surface area contributed by atoms with Crippen LogP contribution in [0.15, 0.2) is 35.4 Å². The van der Waals surface area contributed by atoms with Crippen LogP contribution in [-0.4, -0.2) is 48.3 Å². The Morgan fingerprint density at radius 1 is 1.13 bits per heavy atom. The third-order valence-corrected chi connectivity index (χ3v) is 4.92. The molecule has 11 heteroatoms. The second kappa shape index (κ2) is 9.31. The highest BCUT2D eigenvalue weighted by molar-refractivity contribution is 7.80. The Bertz CT molecular complexity index is 1010. The van der Waals surface area contributed by atoms with Gasteiger partial charge in [0, 0.05) is 37.8 Å². The number of nitrogens with one attached hydrogen (secondary N) is 1. The minimum absolute atomic E-state index is 0.0256. The van der Waals surface area contributed by atoms with E-state index in [1.165, 1.54) is 11.0 Å². The highest BCUT2D eigenvalue weighted by Crippen LogP contribution is 2.25. The Hall–Kier alpha value is -2.85. The molecular formula is C19H17ClF3N5OS. The average molecular weight is 456 g/mol. The Balaban J connectivity index is 1.68. The molecule has 158 valence electrons. The van der Waals surface area contributed by atoms with Crippen molar-refractivity contribution in [2.24, 2.45) is 10.8 Å². The maximum Gasteiger partial charge on any atom is 0.255 e. The van der Waals surface area contributed by atoms with Crippen molar-refractivity contribution in [3.63, 3.8) is 0 Å². The highest BCUT2D eigenvalue weighted by atomic mass is 35.5. The number of carbonyl (C=O) groups excluding carboxylic acids is 1. The first kappa shape index (κ1) is 21.8. The second-order valence-corrected chi connectivity index (χ2v) is 7.31. The molecule has 2 aromatic rings. The predicted octanol–water partition coefficient (Wildman–Crippen LogP) is 2.89. The fourth-order valence-corrected chi connectivity index (χ4v) is 3.34. The fourth-order valence-electron chi connectivity index (χ4n) is 3.04. The van der Waals surface area contributed by atoms with Gasteiger partial charge in [-0.2, -0.15) is 5.10 Å². The summed E-state index contributed by atoms with van der Waals surface area (Å²) < 4.78 is 42.1. The standard InChI is InChI=1S/C19H17ClF3N5OS/c20-14-8-12(21)1-2-13(14)18(29)28-5-3-27(4-6-28)17-9-15(22)11(7-16(17)23)10-25-26-19(24)30/h1-2,7-10H,3-6H2,(H3,24,26,30)/b25-10+. The largest absolute Gasteiger partial charge is 0.375 e. The van der Waals surface area contributed by atoms with Crippen LogP contribution in [0.25, 0.3) is 0 Å². The lowest BCUT2D eigenvalue weighted by Crippen LogP contribution is -2.49. The van der Waals surface area contributed by atoms with E-state index < -0.39 is 17.5 Å². The van der Waals surface area contributed by atoms with Crippen LogP contribution in [0.2, 0.25) is 5.02 Å². The predicted molar refractivity (Wildman–Crippen MR) is 113 cm³/mol. The summed E-state index contributed by atoms with van der Waals surface area (Å²) in [6.45, 7) is 1.12. The molecular weight excluding hydrogens is 439 g/mol. The van der Waals surface area contributed by atoms with Crippen molar-refractivity contribution in [3.8, 4) is 0 Å². The third kappa shape index (κ3) is 5.00. The van der Waals surface area contributed by atoms with Gasteiger partial charge in [0.25, 0.3) is 5.91 Å². The lowest BCUT2D eigenvalue weighted by molar-refractivity contribution is 0.0746. The molecule has 3 rings (SSSR count). The zero-order valence-corrected chi connectivity index (χ0v) is 17.1. The van der Waals surface area contributed by atoms with Crippen LogP contribution in [0.3, 0.4) is 0 Å². The van der Waals surface area contributed by atoms with Gasteiger partial charge in [0.2, 0.25) is 0 Å². The smallest absolute Gasteiger partial charge is 0.255 e. The van der Waals surface area contributed by atoms with E-state index in [0.717, 1.165) is 30.5 Å². The molecule has 3 N–H and O–H groups in total. The van der Waals surface area contributed by atoms with Gasteiger partial charge in [-0.25, -0.2) is 13.2 Å². The summed E-state index contributed by atoms with van der Waals surface area (Å²) >= 11 is 10.5. The zero-order valence-electron chi connectivity index (χ0n) is 15.5. The van der Waals surface area contributed by atoms with Gasteiger partial charge in [-0.3, -0.25) is 10.2 Å². The van der Waals surface area contributed by atoms with E-state index in [4.69, 9.17) is 17.3 Å². The molecule has 0 saturated carbocycles. The van der Waals surface area contributed by atoms with Crippen LogP contribution >= 0.6 is 23.8 Å². The molecule has 0 unspecified atom stereocenters. The number of hydrogen-bond donors (Lipinski definition) is 2. The van der Waals surface area contributed by atoms with E-state index in [-0.39, 0.29) is 59.0 Å². The second-order valence-electron chi connectivity index (χ2n) is 6.46. The first-order valence-corrected chi connectivity index (χ1v) is 9.61. The minimum atomic E-state index is -0.670. The quantitative estimate of drug-likeness (QED) is 0.421. The summed E-state index contributed by atoms with van der Waals surface area (Å²) in [6.07, 6.45) is 1.07. The Morgan fingerprint density at radius 2 is 1.83 bits per heavy atom. The van der Waals surface area contributed by atoms with E-state index in [9.17, 15) is 18.0 Å². The van der Waals surface area contributed by atoms with Gasteiger partial charge < -0.3 is 15.5 Å². The number of hydrogen-bond acceptors (Lipinski definition) is 4. The van der Waals surface area contributed by atoms with Crippen LogP contribution in [0, 0.1) is 17.5 Å². The van der Waals surface area contributed by atoms with Crippen LogP contribution in [0.4, 0.5) is 18.9 Å². The molecule has 1 aliphatic heterocycles. The molecule has 1 amide bonds. The van der Waals surface area contributed by atoms with Crippen molar-refractivity contribution in [2.45, 2.75) is 0 Å². The molecule has 0 aliphatic carbocycles. The van der Waals surface area contributed by atoms with E-state index in [2.05, 4.69) is 22.7 Å². The van der Waals surface area contributed by atoms with E-state index in [0.29, 0.717) is 0 Å². The SMILES string of the molecule is NC(=S)N/N=C/c1cc(F)c(N2CCN(C(=O)c3ccc(F)cc3Cl)CC2)cc1F. The Labute approximate surface area is 181 Å². The van der Waals surface area contributed by atoms with Gasteiger partial charge in [0.1, 0.15) is 17.5 Å². The Kier molecular flexibility index (Phi) is 6.78. The third-order valence-electron chi connectivity index (χ3n) is 4.51. The summed E-state index contributed by atoms with van der Waals surface area (Å²) in [4.78, 5) is 15.8. The van der Waals surface area contributed by atoms with Crippen LogP contribution in [-0.2, 0) is 0 Å². The molecule has 1 saturated heterocycles. The van der Waals surface area contributed by atoms with E-state index >= 15 is 0 Å². The molecule has 6 nitrogen and oxygen atoms in total. The monoisotopic (exact) mass is 455 g/mol. The number of thiocarbonyl (C=S) groups is 1. The van der Waals surface area contributed by atoms with Crippen LogP contribution < -0.4 is 16.1 Å². The van der Waals surface area contributed by atoms with Gasteiger partial charge in [-0.15, -0.1) is 0 Å². The van der Waals surface area contributed by atoms with Crippen molar-refractivity contribution in [3.05, 3.63) is 63.9 Å². The van der Waals surface area contributed by atoms with Crippen molar-refractivity contribution >= 4 is 46.7 Å². The number of piperazine rings is 1. The number of hydrazone groups is 1. The summed E-state index contributed by atoms with van der Waals surface area (Å²) in [5.74, 6) is -2.18. The van der Waals surface area contributed by atoms with E-state index in [1.807, 2.05) is 0 Å². The Morgan fingerprint density at radius 3 is 2.47 bits per heavy atom. The lowest BCUT2D eigenvalue weighted by Gasteiger charge is -2.36. The first-order chi connectivity index (χ1) is 14.3. The van der Waals surface area contributed by atoms with Gasteiger partial charge in [-0.05, 0) is 36.5 Å². The van der Waals surface area contributed by atoms with Crippen molar-refractivity contribution in [2.75, 3.05) is 31.1 Å². The number of carbonyl (C=O) groups is 1. The topological polar surface area (TPSA) is 74.0 Å². The fraction of sp³-hybridized carbons (Fsp3) is 0.211. The number of benzene rings is 2. The molecule has 2 aromatic carbocycles. The number of anilines is 1. The summed E-state index contributed by atoms with van der Waals surface area (Å²) in [6, 6.07) is 5.66. The molecule has 0 bridgehead atoms. The average Bonchev–Trinajstić information content (AvgIpc) is 2.70. The molecule has 0 atom stereocenters. The van der Waals surface area contributed by atoms with Gasteiger partial charge >= 0.3 is 0 Å². The molecule has 1 heterocycles. The van der Waals surface area contributed by atoms with Gasteiger partial charge in [0.05, 0.1) is 22.5 Å². The highest BCUT2D eigenvalue weighted by Gasteiger charge is 2.25. The first-order valence-electron chi connectivity index (χ1n) is 8.83. The minimum Gasteiger partial charge on any atom is -0.375 e. The number of rotatable bonds is 4. The van der Waals surface area contributed by atoms with Crippen molar-refractivity contribution in [1.29, 1.82) is 0 Å². The van der Waals surface area contributed by atoms with E-state index in [1.54, 1.807) is 4.90 Å². The number of nitrogens with two attached hydrogens (primary N) is 1. The molecule has 1 fully saturated rings. The van der Waals surface area contributed by atoms with Gasteiger partial charge in [0.15, 0.2) is 5.11 Å². The molecule has 0 radical (unpaired) electrons. The molecule has 0 aromatic heterocycles. The summed E-state index contributed by atoms with van der Waals surface area (Å²) in [7, 11) is 0. The van der Waals surface area contributed by atoms with Gasteiger partial charge in [-0.1, -0.05) is 11.6 Å². The molecule has 1 aliphatic rings. The summed E-state index contributed by atoms with van der Waals surface area (Å²) in [5.41, 5.74) is 7.68. The van der Waals surface area contributed by atoms with Crippen molar-refractivity contribution in [1.82, 2.24) is 10.3 Å². The van der Waals surface area contributed by atoms with Crippen molar-refractivity contribution < 1.29 is 18.0 Å². The molecule has 30 heavy (non-hydrogen) atoms. The van der Waals surface area contributed by atoms with Crippen LogP contribution in [0.5, 0.6) is 0 Å². The number of amides is 1. The maximum atomic E-state index is 14.5. The zero-order chi connectivity index (χ0) is 21.8. The van der Waals surface area contributed by atoms with Crippen LogP contribution in [0.1, 0.15) is 15.9 Å². The summed E-state index contributed by atoms with van der Waals surface area (Å²) in [5, 5.41) is 3.54. The number of halogens is 4. The molecule has 0 spiro atoms. The number of nitrogens with zero attached hydrogens (tertiary/aromatic N) is 3.